The summed E-state index contributed by atoms with van der Waals surface area (Å²) < 4.78 is 24.1. The molecule has 0 heterocycles. The third-order valence-corrected chi connectivity index (χ3v) is 4.19. The van der Waals surface area contributed by atoms with Gasteiger partial charge in [-0.2, -0.15) is 0 Å². The second-order valence-electron chi connectivity index (χ2n) is 3.89. The van der Waals surface area contributed by atoms with Crippen LogP contribution in [0.3, 0.4) is 0 Å². The van der Waals surface area contributed by atoms with Crippen molar-refractivity contribution < 1.29 is 18.6 Å². The van der Waals surface area contributed by atoms with Crippen LogP contribution in [0.25, 0.3) is 0 Å². The molecule has 2 aromatic rings. The molecule has 0 aliphatic heterocycles. The molecule has 4 nitrogen and oxygen atoms in total. The number of phenolic OH excluding ortho intramolecular Hbond substituents is 2. The summed E-state index contributed by atoms with van der Waals surface area (Å²) in [7, 11) is -3.52. The van der Waals surface area contributed by atoms with Gasteiger partial charge in [0.2, 0.25) is 0 Å². The predicted molar refractivity (Wildman–Crippen MR) is 67.1 cm³/mol. The Morgan fingerprint density at radius 1 is 0.944 bits per heavy atom. The Morgan fingerprint density at radius 2 is 1.61 bits per heavy atom. The molecule has 0 aliphatic carbocycles. The summed E-state index contributed by atoms with van der Waals surface area (Å²) in [5.41, 5.74) is 0.179. The molecule has 2 aromatic carbocycles. The minimum absolute atomic E-state index is 0.0777. The fourth-order valence-electron chi connectivity index (χ4n) is 1.60. The van der Waals surface area contributed by atoms with Crippen molar-refractivity contribution >= 4 is 9.84 Å². The zero-order valence-corrected chi connectivity index (χ0v) is 10.3. The maximum absolute atomic E-state index is 12.1. The maximum Gasteiger partial charge on any atom is 0.182 e. The van der Waals surface area contributed by atoms with Crippen LogP contribution in [0.4, 0.5) is 0 Å². The van der Waals surface area contributed by atoms with Crippen LogP contribution in [0.2, 0.25) is 0 Å². The quantitative estimate of drug-likeness (QED) is 0.832. The minimum atomic E-state index is -3.52. The summed E-state index contributed by atoms with van der Waals surface area (Å²) in [5.74, 6) is -0.574. The van der Waals surface area contributed by atoms with Gasteiger partial charge in [0.05, 0.1) is 10.6 Å². The molecule has 0 aliphatic rings. The molecule has 0 saturated heterocycles. The van der Waals surface area contributed by atoms with E-state index in [1.807, 2.05) is 0 Å². The number of phenols is 2. The van der Waals surface area contributed by atoms with E-state index < -0.39 is 9.84 Å². The van der Waals surface area contributed by atoms with Crippen LogP contribution in [0.1, 0.15) is 5.56 Å². The van der Waals surface area contributed by atoms with E-state index in [1.165, 1.54) is 30.3 Å². The van der Waals surface area contributed by atoms with Crippen LogP contribution >= 0.6 is 0 Å². The summed E-state index contributed by atoms with van der Waals surface area (Å²) in [6, 6.07) is 11.8. The van der Waals surface area contributed by atoms with E-state index in [2.05, 4.69) is 0 Å². The summed E-state index contributed by atoms with van der Waals surface area (Å²) in [6.07, 6.45) is 0. The Hall–Kier alpha value is -2.01. The van der Waals surface area contributed by atoms with Crippen LogP contribution in [-0.2, 0) is 15.6 Å². The molecular formula is C13H12O4S. The monoisotopic (exact) mass is 264 g/mol. The van der Waals surface area contributed by atoms with Crippen molar-refractivity contribution in [2.24, 2.45) is 0 Å². The Bertz CT molecular complexity index is 648. The standard InChI is InChI=1S/C13H12O4S/c14-11-6-7-13(15)10(8-11)9-18(16,17)12-4-2-1-3-5-12/h1-8,14-15H,9H2. The third-order valence-electron chi connectivity index (χ3n) is 2.51. The van der Waals surface area contributed by atoms with Crippen molar-refractivity contribution in [3.8, 4) is 11.5 Å². The Balaban J connectivity index is 2.37. The maximum atomic E-state index is 12.1. The molecule has 18 heavy (non-hydrogen) atoms. The summed E-state index contributed by atoms with van der Waals surface area (Å²) >= 11 is 0. The molecule has 0 amide bonds. The van der Waals surface area contributed by atoms with E-state index in [-0.39, 0.29) is 27.7 Å². The van der Waals surface area contributed by atoms with Gasteiger partial charge in [0.1, 0.15) is 11.5 Å². The van der Waals surface area contributed by atoms with Crippen LogP contribution in [0, 0.1) is 0 Å². The fourth-order valence-corrected chi connectivity index (χ4v) is 2.98. The summed E-state index contributed by atoms with van der Waals surface area (Å²) in [5, 5.41) is 18.9. The Morgan fingerprint density at radius 3 is 2.28 bits per heavy atom. The Kier molecular flexibility index (Phi) is 3.25. The van der Waals surface area contributed by atoms with Crippen LogP contribution in [-0.4, -0.2) is 18.6 Å². The second-order valence-corrected chi connectivity index (χ2v) is 5.87. The Labute approximate surface area is 105 Å². The lowest BCUT2D eigenvalue weighted by Gasteiger charge is -2.07. The summed E-state index contributed by atoms with van der Waals surface area (Å²) in [4.78, 5) is 0.188. The number of rotatable bonds is 3. The first kappa shape index (κ1) is 12.4. The van der Waals surface area contributed by atoms with E-state index in [1.54, 1.807) is 18.2 Å². The molecule has 0 aromatic heterocycles. The van der Waals surface area contributed by atoms with E-state index in [0.717, 1.165) is 0 Å². The average molecular weight is 264 g/mol. The molecule has 0 atom stereocenters. The molecule has 94 valence electrons. The van der Waals surface area contributed by atoms with Crippen molar-refractivity contribution in [3.63, 3.8) is 0 Å². The molecule has 0 spiro atoms. The number of aromatic hydroxyl groups is 2. The van der Waals surface area contributed by atoms with Gasteiger partial charge in [-0.25, -0.2) is 8.42 Å². The first-order valence-corrected chi connectivity index (χ1v) is 6.93. The topological polar surface area (TPSA) is 74.6 Å². The number of hydrogen-bond donors (Lipinski definition) is 2. The molecule has 0 bridgehead atoms. The average Bonchev–Trinajstić information content (AvgIpc) is 2.35. The third kappa shape index (κ3) is 2.62. The van der Waals surface area contributed by atoms with Gasteiger partial charge in [-0.3, -0.25) is 0 Å². The van der Waals surface area contributed by atoms with E-state index >= 15 is 0 Å². The molecular weight excluding hydrogens is 252 g/mol. The van der Waals surface area contributed by atoms with Crippen molar-refractivity contribution in [3.05, 3.63) is 54.1 Å². The lowest BCUT2D eigenvalue weighted by molar-refractivity contribution is 0.455. The van der Waals surface area contributed by atoms with Crippen molar-refractivity contribution in [1.29, 1.82) is 0 Å². The van der Waals surface area contributed by atoms with Gasteiger partial charge in [-0.1, -0.05) is 18.2 Å². The van der Waals surface area contributed by atoms with Gasteiger partial charge in [0, 0.05) is 5.56 Å². The van der Waals surface area contributed by atoms with Gasteiger partial charge < -0.3 is 10.2 Å². The highest BCUT2D eigenvalue weighted by molar-refractivity contribution is 7.90. The normalized spacial score (nSPS) is 11.3. The number of hydrogen-bond acceptors (Lipinski definition) is 4. The van der Waals surface area contributed by atoms with E-state index in [4.69, 9.17) is 0 Å². The lowest BCUT2D eigenvalue weighted by Crippen LogP contribution is -2.04. The molecule has 0 fully saturated rings. The number of sulfone groups is 1. The van der Waals surface area contributed by atoms with Crippen molar-refractivity contribution in [1.82, 2.24) is 0 Å². The van der Waals surface area contributed by atoms with Gasteiger partial charge in [0.25, 0.3) is 0 Å². The smallest absolute Gasteiger partial charge is 0.182 e. The first-order valence-electron chi connectivity index (χ1n) is 5.28. The van der Waals surface area contributed by atoms with Crippen LogP contribution < -0.4 is 0 Å². The SMILES string of the molecule is O=S(=O)(Cc1cc(O)ccc1O)c1ccccc1. The fraction of sp³-hybridized carbons (Fsp3) is 0.0769. The highest BCUT2D eigenvalue weighted by atomic mass is 32.2. The molecule has 2 rings (SSSR count). The predicted octanol–water partition coefficient (Wildman–Crippen LogP) is 2.07. The first-order chi connectivity index (χ1) is 8.49. The lowest BCUT2D eigenvalue weighted by atomic mass is 10.2. The minimum Gasteiger partial charge on any atom is -0.508 e. The summed E-state index contributed by atoms with van der Waals surface area (Å²) in [6.45, 7) is 0. The van der Waals surface area contributed by atoms with E-state index in [9.17, 15) is 18.6 Å². The molecule has 2 N–H and O–H groups in total. The largest absolute Gasteiger partial charge is 0.508 e. The van der Waals surface area contributed by atoms with E-state index in [0.29, 0.717) is 0 Å². The number of benzene rings is 2. The van der Waals surface area contributed by atoms with Gasteiger partial charge in [0.15, 0.2) is 9.84 Å². The van der Waals surface area contributed by atoms with Gasteiger partial charge >= 0.3 is 0 Å². The molecule has 0 radical (unpaired) electrons. The van der Waals surface area contributed by atoms with Crippen molar-refractivity contribution in [2.75, 3.05) is 0 Å². The zero-order valence-electron chi connectivity index (χ0n) is 9.45. The zero-order chi connectivity index (χ0) is 13.2. The van der Waals surface area contributed by atoms with Crippen LogP contribution in [0.5, 0.6) is 11.5 Å². The highest BCUT2D eigenvalue weighted by Gasteiger charge is 2.17. The highest BCUT2D eigenvalue weighted by Crippen LogP contribution is 2.26. The van der Waals surface area contributed by atoms with Crippen LogP contribution in [0.15, 0.2) is 53.4 Å². The molecule has 0 saturated carbocycles. The van der Waals surface area contributed by atoms with Gasteiger partial charge in [-0.15, -0.1) is 0 Å². The second kappa shape index (κ2) is 4.70. The van der Waals surface area contributed by atoms with Crippen molar-refractivity contribution in [2.45, 2.75) is 10.6 Å². The van der Waals surface area contributed by atoms with Gasteiger partial charge in [-0.05, 0) is 30.3 Å². The molecule has 5 heteroatoms. The molecule has 0 unspecified atom stereocenters.